The van der Waals surface area contributed by atoms with Gasteiger partial charge in [-0.3, -0.25) is 4.79 Å². The number of aromatic nitrogens is 2. The van der Waals surface area contributed by atoms with Crippen LogP contribution in [0.2, 0.25) is 0 Å². The van der Waals surface area contributed by atoms with Crippen LogP contribution in [-0.4, -0.2) is 16.1 Å². The van der Waals surface area contributed by atoms with Crippen molar-refractivity contribution < 1.29 is 27.2 Å². The van der Waals surface area contributed by atoms with Crippen LogP contribution in [0.3, 0.4) is 0 Å². The van der Waals surface area contributed by atoms with Gasteiger partial charge in [0.25, 0.3) is 0 Å². The van der Waals surface area contributed by atoms with Crippen molar-refractivity contribution in [3.8, 4) is 11.4 Å². The van der Waals surface area contributed by atoms with Crippen LogP contribution in [0.1, 0.15) is 32.2 Å². The largest absolute Gasteiger partial charge is 0.471 e. The predicted octanol–water partition coefficient (Wildman–Crippen LogP) is 3.84. The highest BCUT2D eigenvalue weighted by Gasteiger charge is 2.38. The molecule has 0 aliphatic heterocycles. The van der Waals surface area contributed by atoms with Crippen LogP contribution in [0.4, 0.5) is 13.2 Å². The first-order valence-electron chi connectivity index (χ1n) is 6.75. The molecule has 1 aromatic carbocycles. The van der Waals surface area contributed by atoms with Crippen molar-refractivity contribution in [2.45, 2.75) is 33.6 Å². The maximum atomic E-state index is 12.4. The maximum absolute atomic E-state index is 12.4. The molecule has 2 rings (SSSR count). The Morgan fingerprint density at radius 1 is 1.17 bits per heavy atom. The van der Waals surface area contributed by atoms with E-state index in [2.05, 4.69) is 14.7 Å². The van der Waals surface area contributed by atoms with Crippen LogP contribution in [0.15, 0.2) is 28.8 Å². The first-order valence-corrected chi connectivity index (χ1v) is 6.75. The summed E-state index contributed by atoms with van der Waals surface area (Å²) in [6, 6.07) is 6.31. The molecule has 0 bridgehead atoms. The SMILES string of the molecule is CC(C)(C)C(=O)OCc1ccc(-c2noc(C(F)(F)F)n2)cc1. The summed E-state index contributed by atoms with van der Waals surface area (Å²) in [6.45, 7) is 5.31. The Labute approximate surface area is 130 Å². The number of ether oxygens (including phenoxy) is 1. The van der Waals surface area contributed by atoms with E-state index in [1.54, 1.807) is 32.9 Å². The molecule has 0 saturated carbocycles. The topological polar surface area (TPSA) is 65.2 Å². The highest BCUT2D eigenvalue weighted by Crippen LogP contribution is 2.29. The van der Waals surface area contributed by atoms with E-state index in [0.29, 0.717) is 11.1 Å². The normalized spacial score (nSPS) is 12.3. The van der Waals surface area contributed by atoms with E-state index in [0.717, 1.165) is 0 Å². The number of hydrogen-bond donors (Lipinski definition) is 0. The van der Waals surface area contributed by atoms with Crippen molar-refractivity contribution in [2.75, 3.05) is 0 Å². The first kappa shape index (κ1) is 17.0. The fourth-order valence-electron chi connectivity index (χ4n) is 1.57. The van der Waals surface area contributed by atoms with E-state index in [1.165, 1.54) is 12.1 Å². The lowest BCUT2D eigenvalue weighted by atomic mass is 9.97. The molecular weight excluding hydrogens is 313 g/mol. The molecule has 0 radical (unpaired) electrons. The van der Waals surface area contributed by atoms with Crippen molar-refractivity contribution in [1.82, 2.24) is 10.1 Å². The van der Waals surface area contributed by atoms with Gasteiger partial charge in [0.05, 0.1) is 5.41 Å². The lowest BCUT2D eigenvalue weighted by molar-refractivity contribution is -0.159. The van der Waals surface area contributed by atoms with Crippen molar-refractivity contribution in [2.24, 2.45) is 5.41 Å². The van der Waals surface area contributed by atoms with Crippen LogP contribution in [0.25, 0.3) is 11.4 Å². The number of carbonyl (C=O) groups excluding carboxylic acids is 1. The van der Waals surface area contributed by atoms with Crippen LogP contribution < -0.4 is 0 Å². The Hall–Kier alpha value is -2.38. The number of carbonyl (C=O) groups is 1. The Morgan fingerprint density at radius 3 is 2.26 bits per heavy atom. The van der Waals surface area contributed by atoms with Gasteiger partial charge < -0.3 is 9.26 Å². The van der Waals surface area contributed by atoms with Gasteiger partial charge in [0, 0.05) is 5.56 Å². The predicted molar refractivity (Wildman–Crippen MR) is 74.0 cm³/mol. The molecule has 5 nitrogen and oxygen atoms in total. The summed E-state index contributed by atoms with van der Waals surface area (Å²) in [5.41, 5.74) is 0.472. The van der Waals surface area contributed by atoms with Crippen LogP contribution in [-0.2, 0) is 22.3 Å². The molecule has 0 amide bonds. The monoisotopic (exact) mass is 328 g/mol. The second-order valence-corrected chi connectivity index (χ2v) is 5.94. The average Bonchev–Trinajstić information content (AvgIpc) is 2.94. The summed E-state index contributed by atoms with van der Waals surface area (Å²) in [4.78, 5) is 15.0. The summed E-state index contributed by atoms with van der Waals surface area (Å²) in [7, 11) is 0. The molecule has 0 aliphatic rings. The lowest BCUT2D eigenvalue weighted by Crippen LogP contribution is -2.22. The van der Waals surface area contributed by atoms with Gasteiger partial charge in [-0.25, -0.2) is 0 Å². The summed E-state index contributed by atoms with van der Waals surface area (Å²) in [6.07, 6.45) is -4.67. The number of alkyl halides is 3. The molecule has 23 heavy (non-hydrogen) atoms. The molecule has 1 aromatic heterocycles. The Kier molecular flexibility index (Phi) is 4.44. The maximum Gasteiger partial charge on any atom is 0.471 e. The molecule has 2 aromatic rings. The van der Waals surface area contributed by atoms with Gasteiger partial charge >= 0.3 is 18.0 Å². The van der Waals surface area contributed by atoms with Gasteiger partial charge in [-0.05, 0) is 26.3 Å². The molecule has 0 atom stereocenters. The van der Waals surface area contributed by atoms with E-state index in [-0.39, 0.29) is 18.4 Å². The molecular formula is C15H15F3N2O3. The van der Waals surface area contributed by atoms with Crippen molar-refractivity contribution in [3.05, 3.63) is 35.7 Å². The highest BCUT2D eigenvalue weighted by molar-refractivity contribution is 5.75. The van der Waals surface area contributed by atoms with Crippen LogP contribution in [0.5, 0.6) is 0 Å². The zero-order valence-electron chi connectivity index (χ0n) is 12.8. The third-order valence-corrected chi connectivity index (χ3v) is 2.86. The molecule has 8 heteroatoms. The van der Waals surface area contributed by atoms with Crippen molar-refractivity contribution in [1.29, 1.82) is 0 Å². The zero-order valence-corrected chi connectivity index (χ0v) is 12.8. The van der Waals surface area contributed by atoms with Crippen LogP contribution in [0, 0.1) is 5.41 Å². The summed E-state index contributed by atoms with van der Waals surface area (Å²) >= 11 is 0. The minimum Gasteiger partial charge on any atom is -0.460 e. The summed E-state index contributed by atoms with van der Waals surface area (Å²) < 4.78 is 46.6. The second-order valence-electron chi connectivity index (χ2n) is 5.94. The number of rotatable bonds is 3. The Bertz CT molecular complexity index is 685. The quantitative estimate of drug-likeness (QED) is 0.801. The van der Waals surface area contributed by atoms with Gasteiger partial charge in [0.15, 0.2) is 0 Å². The van der Waals surface area contributed by atoms with Crippen LogP contribution >= 0.6 is 0 Å². The first-order chi connectivity index (χ1) is 10.6. The average molecular weight is 328 g/mol. The Morgan fingerprint density at radius 2 is 1.78 bits per heavy atom. The van der Waals surface area contributed by atoms with Gasteiger partial charge in [0.1, 0.15) is 6.61 Å². The minimum atomic E-state index is -4.67. The fraction of sp³-hybridized carbons (Fsp3) is 0.400. The molecule has 1 heterocycles. The van der Waals surface area contributed by atoms with Crippen molar-refractivity contribution >= 4 is 5.97 Å². The molecule has 0 unspecified atom stereocenters. The number of benzene rings is 1. The number of esters is 1. The van der Waals surface area contributed by atoms with Crippen molar-refractivity contribution in [3.63, 3.8) is 0 Å². The van der Waals surface area contributed by atoms with Gasteiger partial charge in [-0.15, -0.1) is 0 Å². The zero-order chi connectivity index (χ0) is 17.3. The van der Waals surface area contributed by atoms with Gasteiger partial charge in [-0.1, -0.05) is 29.4 Å². The van der Waals surface area contributed by atoms with E-state index < -0.39 is 17.5 Å². The molecule has 0 aliphatic carbocycles. The minimum absolute atomic E-state index is 0.0798. The smallest absolute Gasteiger partial charge is 0.460 e. The Balaban J connectivity index is 2.05. The molecule has 0 spiro atoms. The number of halogens is 3. The molecule has 0 N–H and O–H groups in total. The second kappa shape index (κ2) is 6.02. The molecule has 0 fully saturated rings. The highest BCUT2D eigenvalue weighted by atomic mass is 19.4. The standard InChI is InChI=1S/C15H15F3N2O3/c1-14(2,3)13(21)22-8-9-4-6-10(7-5-9)11-19-12(23-20-11)15(16,17)18/h4-7H,8H2,1-3H3. The van der Waals surface area contributed by atoms with E-state index in [1.807, 2.05) is 0 Å². The van der Waals surface area contributed by atoms with E-state index >= 15 is 0 Å². The van der Waals surface area contributed by atoms with E-state index in [9.17, 15) is 18.0 Å². The molecule has 0 saturated heterocycles. The van der Waals surface area contributed by atoms with Gasteiger partial charge in [0.2, 0.25) is 5.82 Å². The summed E-state index contributed by atoms with van der Waals surface area (Å²) in [5, 5.41) is 3.30. The third-order valence-electron chi connectivity index (χ3n) is 2.86. The third kappa shape index (κ3) is 4.30. The molecule has 124 valence electrons. The lowest BCUT2D eigenvalue weighted by Gasteiger charge is -2.16. The number of hydrogen-bond acceptors (Lipinski definition) is 5. The fourth-order valence-corrected chi connectivity index (χ4v) is 1.57. The van der Waals surface area contributed by atoms with E-state index in [4.69, 9.17) is 4.74 Å². The number of nitrogens with zero attached hydrogens (tertiary/aromatic N) is 2. The summed E-state index contributed by atoms with van der Waals surface area (Å²) in [5.74, 6) is -1.89. The van der Waals surface area contributed by atoms with Gasteiger partial charge in [-0.2, -0.15) is 18.2 Å².